The molecule has 0 amide bonds. The highest BCUT2D eigenvalue weighted by atomic mass is 16.3. The fraction of sp³-hybridized carbons (Fsp3) is 0.417. The molecule has 1 heterocycles. The minimum atomic E-state index is -0.460. The van der Waals surface area contributed by atoms with Gasteiger partial charge in [0.2, 0.25) is 0 Å². The molecule has 1 N–H and O–H groups in total. The van der Waals surface area contributed by atoms with Crippen LogP contribution in [-0.2, 0) is 0 Å². The lowest BCUT2D eigenvalue weighted by Gasteiger charge is -2.18. The molecule has 0 aliphatic heterocycles. The molecule has 0 aromatic carbocycles. The molecule has 0 spiro atoms. The van der Waals surface area contributed by atoms with Crippen LogP contribution in [0.1, 0.15) is 25.5 Å². The van der Waals surface area contributed by atoms with E-state index in [1.165, 1.54) is 0 Å². The van der Waals surface area contributed by atoms with Crippen LogP contribution in [0.15, 0.2) is 30.5 Å². The maximum absolute atomic E-state index is 9.33. The minimum Gasteiger partial charge on any atom is -0.389 e. The third-order valence-electron chi connectivity index (χ3n) is 2.15. The second-order valence-electron chi connectivity index (χ2n) is 3.94. The Labute approximate surface area is 91.1 Å². The van der Waals surface area contributed by atoms with Gasteiger partial charge in [-0.3, -0.25) is 0 Å². The summed E-state index contributed by atoms with van der Waals surface area (Å²) in [6.45, 7) is 8.37. The lowest BCUT2D eigenvalue weighted by Crippen LogP contribution is -2.20. The number of nitrogens with zero attached hydrogens (tertiary/aromatic N) is 2. The second-order valence-corrected chi connectivity index (χ2v) is 3.94. The first-order chi connectivity index (χ1) is 7.00. The maximum atomic E-state index is 9.33. The molecule has 1 unspecified atom stereocenters. The van der Waals surface area contributed by atoms with E-state index in [0.717, 1.165) is 23.5 Å². The minimum absolute atomic E-state index is 0.460. The smallest absolute Gasteiger partial charge is 0.128 e. The molecule has 3 nitrogen and oxygen atoms in total. The molecule has 3 heteroatoms. The summed E-state index contributed by atoms with van der Waals surface area (Å²) in [6.07, 6.45) is 1.24. The molecule has 15 heavy (non-hydrogen) atoms. The first-order valence-electron chi connectivity index (χ1n) is 5.00. The topological polar surface area (TPSA) is 36.4 Å². The molecule has 0 saturated carbocycles. The molecule has 1 rings (SSSR count). The number of pyridine rings is 1. The summed E-state index contributed by atoms with van der Waals surface area (Å²) in [4.78, 5) is 6.30. The Morgan fingerprint density at radius 2 is 2.27 bits per heavy atom. The summed E-state index contributed by atoms with van der Waals surface area (Å²) in [5, 5.41) is 9.33. The van der Waals surface area contributed by atoms with Gasteiger partial charge in [0, 0.05) is 19.8 Å². The molecule has 0 aliphatic carbocycles. The van der Waals surface area contributed by atoms with Crippen LogP contribution in [0.25, 0.3) is 0 Å². The van der Waals surface area contributed by atoms with Gasteiger partial charge in [-0.2, -0.15) is 0 Å². The first-order valence-corrected chi connectivity index (χ1v) is 5.00. The number of aliphatic hydroxyl groups excluding tert-OH is 1. The average Bonchev–Trinajstić information content (AvgIpc) is 2.17. The Morgan fingerprint density at radius 1 is 1.60 bits per heavy atom. The van der Waals surface area contributed by atoms with Gasteiger partial charge in [-0.25, -0.2) is 4.98 Å². The van der Waals surface area contributed by atoms with E-state index in [4.69, 9.17) is 0 Å². The SMILES string of the molecule is C=C(C)CN(C)c1ccc(C(C)O)cn1. The van der Waals surface area contributed by atoms with Gasteiger partial charge in [-0.1, -0.05) is 18.2 Å². The normalized spacial score (nSPS) is 12.3. The third-order valence-corrected chi connectivity index (χ3v) is 2.15. The van der Waals surface area contributed by atoms with Crippen LogP contribution in [-0.4, -0.2) is 23.7 Å². The average molecular weight is 206 g/mol. The molecule has 1 atom stereocenters. The molecule has 0 radical (unpaired) electrons. The Hall–Kier alpha value is -1.35. The van der Waals surface area contributed by atoms with Crippen molar-refractivity contribution in [3.8, 4) is 0 Å². The van der Waals surface area contributed by atoms with Gasteiger partial charge in [-0.15, -0.1) is 0 Å². The van der Waals surface area contributed by atoms with Crippen molar-refractivity contribution in [2.45, 2.75) is 20.0 Å². The van der Waals surface area contributed by atoms with E-state index in [1.54, 1.807) is 13.1 Å². The van der Waals surface area contributed by atoms with Crippen molar-refractivity contribution in [1.29, 1.82) is 0 Å². The lowest BCUT2D eigenvalue weighted by molar-refractivity contribution is 0.199. The highest BCUT2D eigenvalue weighted by molar-refractivity contribution is 5.39. The van der Waals surface area contributed by atoms with E-state index in [9.17, 15) is 5.11 Å². The fourth-order valence-electron chi connectivity index (χ4n) is 1.36. The van der Waals surface area contributed by atoms with Crippen LogP contribution in [0, 0.1) is 0 Å². The van der Waals surface area contributed by atoms with Gasteiger partial charge in [0.1, 0.15) is 5.82 Å². The van der Waals surface area contributed by atoms with E-state index in [2.05, 4.69) is 11.6 Å². The van der Waals surface area contributed by atoms with Gasteiger partial charge in [-0.05, 0) is 25.5 Å². The van der Waals surface area contributed by atoms with Crippen molar-refractivity contribution in [3.05, 3.63) is 36.0 Å². The second kappa shape index (κ2) is 4.94. The monoisotopic (exact) mass is 206 g/mol. The molecule has 1 aromatic heterocycles. The van der Waals surface area contributed by atoms with Crippen LogP contribution in [0.3, 0.4) is 0 Å². The lowest BCUT2D eigenvalue weighted by atomic mass is 10.2. The molecule has 82 valence electrons. The number of anilines is 1. The predicted octanol–water partition coefficient (Wildman–Crippen LogP) is 2.15. The van der Waals surface area contributed by atoms with Crippen molar-refractivity contribution in [1.82, 2.24) is 4.98 Å². The molecule has 0 aliphatic rings. The number of hydrogen-bond acceptors (Lipinski definition) is 3. The number of likely N-dealkylation sites (N-methyl/N-ethyl adjacent to an activating group) is 1. The van der Waals surface area contributed by atoms with Gasteiger partial charge >= 0.3 is 0 Å². The number of rotatable bonds is 4. The van der Waals surface area contributed by atoms with Crippen LogP contribution in [0.2, 0.25) is 0 Å². The van der Waals surface area contributed by atoms with E-state index in [1.807, 2.05) is 31.0 Å². The van der Waals surface area contributed by atoms with Gasteiger partial charge in [0.25, 0.3) is 0 Å². The highest BCUT2D eigenvalue weighted by Crippen LogP contribution is 2.15. The summed E-state index contributed by atoms with van der Waals surface area (Å²) < 4.78 is 0. The van der Waals surface area contributed by atoms with E-state index < -0.39 is 6.10 Å². The largest absolute Gasteiger partial charge is 0.389 e. The standard InChI is InChI=1S/C12H18N2O/c1-9(2)8-14(4)12-6-5-11(7-13-12)10(3)15/h5-7,10,15H,1,8H2,2-4H3. The molecular formula is C12H18N2O. The highest BCUT2D eigenvalue weighted by Gasteiger charge is 2.04. The Morgan fingerprint density at radius 3 is 2.67 bits per heavy atom. The van der Waals surface area contributed by atoms with Crippen LogP contribution in [0.4, 0.5) is 5.82 Å². The fourth-order valence-corrected chi connectivity index (χ4v) is 1.36. The molecule has 1 aromatic rings. The molecule has 0 saturated heterocycles. The first kappa shape index (κ1) is 11.7. The number of hydrogen-bond donors (Lipinski definition) is 1. The van der Waals surface area contributed by atoms with Crippen LogP contribution >= 0.6 is 0 Å². The Kier molecular flexibility index (Phi) is 3.86. The predicted molar refractivity (Wildman–Crippen MR) is 63.0 cm³/mol. The zero-order valence-corrected chi connectivity index (χ0v) is 9.57. The summed E-state index contributed by atoms with van der Waals surface area (Å²) in [7, 11) is 1.97. The molecule has 0 bridgehead atoms. The quantitative estimate of drug-likeness (QED) is 0.767. The van der Waals surface area contributed by atoms with Gasteiger partial charge in [0.05, 0.1) is 6.10 Å². The van der Waals surface area contributed by atoms with Crippen molar-refractivity contribution in [2.24, 2.45) is 0 Å². The summed E-state index contributed by atoms with van der Waals surface area (Å²) in [5.41, 5.74) is 1.93. The zero-order chi connectivity index (χ0) is 11.4. The number of aliphatic hydroxyl groups is 1. The maximum Gasteiger partial charge on any atom is 0.128 e. The van der Waals surface area contributed by atoms with E-state index >= 15 is 0 Å². The van der Waals surface area contributed by atoms with Crippen LogP contribution in [0.5, 0.6) is 0 Å². The summed E-state index contributed by atoms with van der Waals surface area (Å²) >= 11 is 0. The zero-order valence-electron chi connectivity index (χ0n) is 9.57. The summed E-state index contributed by atoms with van der Waals surface area (Å²) in [5.74, 6) is 0.891. The van der Waals surface area contributed by atoms with Crippen molar-refractivity contribution < 1.29 is 5.11 Å². The van der Waals surface area contributed by atoms with E-state index in [0.29, 0.717) is 0 Å². The van der Waals surface area contributed by atoms with Gasteiger partial charge in [0.15, 0.2) is 0 Å². The van der Waals surface area contributed by atoms with Crippen molar-refractivity contribution >= 4 is 5.82 Å². The molecule has 0 fully saturated rings. The van der Waals surface area contributed by atoms with Gasteiger partial charge < -0.3 is 10.0 Å². The Bertz CT molecular complexity index is 330. The number of aromatic nitrogens is 1. The van der Waals surface area contributed by atoms with Crippen LogP contribution < -0.4 is 4.90 Å². The summed E-state index contributed by atoms with van der Waals surface area (Å²) in [6, 6.07) is 3.80. The third kappa shape index (κ3) is 3.36. The van der Waals surface area contributed by atoms with Crippen molar-refractivity contribution in [3.63, 3.8) is 0 Å². The molecular weight excluding hydrogens is 188 g/mol. The van der Waals surface area contributed by atoms with Crippen molar-refractivity contribution in [2.75, 3.05) is 18.5 Å². The Balaban J connectivity index is 2.75. The van der Waals surface area contributed by atoms with E-state index in [-0.39, 0.29) is 0 Å².